The van der Waals surface area contributed by atoms with Crippen LogP contribution in [0.5, 0.6) is 0 Å². The van der Waals surface area contributed by atoms with Crippen molar-refractivity contribution >= 4 is 16.2 Å². The Morgan fingerprint density at radius 2 is 2.19 bits per heavy atom. The fourth-order valence-corrected chi connectivity index (χ4v) is 3.67. The maximum Gasteiger partial charge on any atom is 0.310 e. The third-order valence-electron chi connectivity index (χ3n) is 3.47. The van der Waals surface area contributed by atoms with E-state index >= 15 is 0 Å². The van der Waals surface area contributed by atoms with Crippen LogP contribution >= 0.6 is 0 Å². The SMILES string of the molecule is CCCC(O)CNS(=O)(=O)N1CCCC(C(=O)OCC)C1. The van der Waals surface area contributed by atoms with E-state index < -0.39 is 22.2 Å². The van der Waals surface area contributed by atoms with Crippen molar-refractivity contribution in [2.24, 2.45) is 5.92 Å². The molecule has 0 saturated carbocycles. The van der Waals surface area contributed by atoms with Gasteiger partial charge in [-0.2, -0.15) is 17.4 Å². The Bertz CT molecular complexity index is 426. The number of nitrogens with zero attached hydrogens (tertiary/aromatic N) is 1. The fourth-order valence-electron chi connectivity index (χ4n) is 2.34. The Labute approximate surface area is 126 Å². The summed E-state index contributed by atoms with van der Waals surface area (Å²) in [6.07, 6.45) is 1.92. The molecule has 7 nitrogen and oxygen atoms in total. The predicted octanol–water partition coefficient (Wildman–Crippen LogP) is 0.257. The van der Waals surface area contributed by atoms with Crippen LogP contribution in [-0.2, 0) is 19.7 Å². The van der Waals surface area contributed by atoms with Gasteiger partial charge in [-0.1, -0.05) is 13.3 Å². The number of hydrogen-bond acceptors (Lipinski definition) is 5. The van der Waals surface area contributed by atoms with Crippen molar-refractivity contribution in [3.05, 3.63) is 0 Å². The van der Waals surface area contributed by atoms with Crippen LogP contribution in [0.4, 0.5) is 0 Å². The van der Waals surface area contributed by atoms with Crippen LogP contribution in [0, 0.1) is 5.92 Å². The van der Waals surface area contributed by atoms with Gasteiger partial charge in [-0.05, 0) is 26.2 Å². The van der Waals surface area contributed by atoms with E-state index in [1.54, 1.807) is 6.92 Å². The molecule has 1 aliphatic heterocycles. The Balaban J connectivity index is 2.55. The van der Waals surface area contributed by atoms with Gasteiger partial charge in [0, 0.05) is 19.6 Å². The molecule has 2 N–H and O–H groups in total. The zero-order valence-corrected chi connectivity index (χ0v) is 13.6. The summed E-state index contributed by atoms with van der Waals surface area (Å²) in [7, 11) is -3.66. The van der Waals surface area contributed by atoms with Crippen molar-refractivity contribution < 1.29 is 23.1 Å². The highest BCUT2D eigenvalue weighted by Crippen LogP contribution is 2.19. The average molecular weight is 322 g/mol. The summed E-state index contributed by atoms with van der Waals surface area (Å²) in [5, 5.41) is 9.60. The third kappa shape index (κ3) is 5.90. The van der Waals surface area contributed by atoms with E-state index in [1.807, 2.05) is 6.92 Å². The van der Waals surface area contributed by atoms with Crippen LogP contribution in [0.3, 0.4) is 0 Å². The van der Waals surface area contributed by atoms with Crippen LogP contribution in [0.1, 0.15) is 39.5 Å². The number of nitrogens with one attached hydrogen (secondary N) is 1. The Morgan fingerprint density at radius 3 is 2.81 bits per heavy atom. The minimum Gasteiger partial charge on any atom is -0.466 e. The number of hydrogen-bond donors (Lipinski definition) is 2. The molecule has 1 aliphatic rings. The first-order valence-corrected chi connectivity index (χ1v) is 8.94. The topological polar surface area (TPSA) is 95.9 Å². The number of esters is 1. The fraction of sp³-hybridized carbons (Fsp3) is 0.923. The van der Waals surface area contributed by atoms with Crippen LogP contribution < -0.4 is 4.72 Å². The monoisotopic (exact) mass is 322 g/mol. The van der Waals surface area contributed by atoms with E-state index in [1.165, 1.54) is 4.31 Å². The van der Waals surface area contributed by atoms with Crippen molar-refractivity contribution in [3.63, 3.8) is 0 Å². The van der Waals surface area contributed by atoms with Gasteiger partial charge in [0.25, 0.3) is 10.2 Å². The Hall–Kier alpha value is -0.700. The smallest absolute Gasteiger partial charge is 0.310 e. The molecule has 0 aliphatic carbocycles. The van der Waals surface area contributed by atoms with Crippen LogP contribution in [0.2, 0.25) is 0 Å². The molecule has 21 heavy (non-hydrogen) atoms. The molecule has 0 bridgehead atoms. The maximum absolute atomic E-state index is 12.2. The molecule has 2 unspecified atom stereocenters. The maximum atomic E-state index is 12.2. The van der Waals surface area contributed by atoms with Gasteiger partial charge in [0.2, 0.25) is 0 Å². The minimum atomic E-state index is -3.66. The minimum absolute atomic E-state index is 0.00323. The molecule has 0 aromatic heterocycles. The zero-order valence-electron chi connectivity index (χ0n) is 12.7. The van der Waals surface area contributed by atoms with Gasteiger partial charge in [0.15, 0.2) is 0 Å². The van der Waals surface area contributed by atoms with Crippen molar-refractivity contribution in [1.82, 2.24) is 9.03 Å². The molecule has 0 spiro atoms. The molecule has 0 aromatic rings. The number of piperidine rings is 1. The molecular formula is C13H26N2O5S. The molecule has 1 fully saturated rings. The van der Waals surface area contributed by atoms with Crippen molar-refractivity contribution in [1.29, 1.82) is 0 Å². The zero-order chi connectivity index (χ0) is 15.9. The highest BCUT2D eigenvalue weighted by molar-refractivity contribution is 7.87. The van der Waals surface area contributed by atoms with Gasteiger partial charge in [0.05, 0.1) is 18.6 Å². The first-order chi connectivity index (χ1) is 9.90. The molecule has 1 saturated heterocycles. The molecule has 0 amide bonds. The number of aliphatic hydroxyl groups excluding tert-OH is 1. The summed E-state index contributed by atoms with van der Waals surface area (Å²) >= 11 is 0. The van der Waals surface area contributed by atoms with Crippen LogP contribution in [0.15, 0.2) is 0 Å². The lowest BCUT2D eigenvalue weighted by molar-refractivity contribution is -0.149. The summed E-state index contributed by atoms with van der Waals surface area (Å²) in [5.41, 5.74) is 0. The lowest BCUT2D eigenvalue weighted by atomic mass is 10.0. The van der Waals surface area contributed by atoms with Crippen molar-refractivity contribution in [2.45, 2.75) is 45.6 Å². The number of carbonyl (C=O) groups is 1. The first kappa shape index (κ1) is 18.3. The van der Waals surface area contributed by atoms with Gasteiger partial charge in [-0.25, -0.2) is 0 Å². The van der Waals surface area contributed by atoms with Crippen LogP contribution in [0.25, 0.3) is 0 Å². The number of rotatable bonds is 8. The van der Waals surface area contributed by atoms with E-state index in [4.69, 9.17) is 4.74 Å². The molecule has 124 valence electrons. The molecule has 0 radical (unpaired) electrons. The second-order valence-electron chi connectivity index (χ2n) is 5.25. The van der Waals surface area contributed by atoms with E-state index in [9.17, 15) is 18.3 Å². The summed E-state index contributed by atoms with van der Waals surface area (Å²) in [4.78, 5) is 11.7. The van der Waals surface area contributed by atoms with E-state index in [0.29, 0.717) is 32.4 Å². The van der Waals surface area contributed by atoms with E-state index in [2.05, 4.69) is 4.72 Å². The van der Waals surface area contributed by atoms with Crippen molar-refractivity contribution in [2.75, 3.05) is 26.2 Å². The Morgan fingerprint density at radius 1 is 1.48 bits per heavy atom. The van der Waals surface area contributed by atoms with Gasteiger partial charge < -0.3 is 9.84 Å². The van der Waals surface area contributed by atoms with Gasteiger partial charge >= 0.3 is 5.97 Å². The summed E-state index contributed by atoms with van der Waals surface area (Å²) < 4.78 is 33.0. The predicted molar refractivity (Wildman–Crippen MR) is 78.8 cm³/mol. The first-order valence-electron chi connectivity index (χ1n) is 7.50. The standard InChI is InChI=1S/C13H26N2O5S/c1-3-6-12(16)9-14-21(18,19)15-8-5-7-11(10-15)13(17)20-4-2/h11-12,14,16H,3-10H2,1-2H3. The molecular weight excluding hydrogens is 296 g/mol. The lowest BCUT2D eigenvalue weighted by Crippen LogP contribution is -2.49. The Kier molecular flexibility index (Phi) is 7.58. The lowest BCUT2D eigenvalue weighted by Gasteiger charge is -2.30. The summed E-state index contributed by atoms with van der Waals surface area (Å²) in [6, 6.07) is 0. The third-order valence-corrected chi connectivity index (χ3v) is 5.01. The summed E-state index contributed by atoms with van der Waals surface area (Å²) in [6.45, 7) is 4.46. The van der Waals surface area contributed by atoms with Crippen LogP contribution in [-0.4, -0.2) is 56.1 Å². The van der Waals surface area contributed by atoms with Gasteiger partial charge in [-0.3, -0.25) is 4.79 Å². The molecule has 1 heterocycles. The summed E-state index contributed by atoms with van der Waals surface area (Å²) in [5.74, 6) is -0.751. The molecule has 0 aromatic carbocycles. The highest BCUT2D eigenvalue weighted by atomic mass is 32.2. The normalized spacial score (nSPS) is 22.0. The van der Waals surface area contributed by atoms with Gasteiger partial charge in [-0.15, -0.1) is 0 Å². The number of carbonyl (C=O) groups excluding carboxylic acids is 1. The quantitative estimate of drug-likeness (QED) is 0.625. The molecule has 2 atom stereocenters. The molecule has 1 rings (SSSR count). The largest absolute Gasteiger partial charge is 0.466 e. The number of aliphatic hydroxyl groups is 1. The average Bonchev–Trinajstić information content (AvgIpc) is 2.46. The van der Waals surface area contributed by atoms with Crippen molar-refractivity contribution in [3.8, 4) is 0 Å². The molecule has 8 heteroatoms. The number of ether oxygens (including phenoxy) is 1. The highest BCUT2D eigenvalue weighted by Gasteiger charge is 2.33. The van der Waals surface area contributed by atoms with Gasteiger partial charge in [0.1, 0.15) is 0 Å². The van der Waals surface area contributed by atoms with E-state index in [0.717, 1.165) is 6.42 Å². The second-order valence-corrected chi connectivity index (χ2v) is 7.00. The second kappa shape index (κ2) is 8.67. The van der Waals surface area contributed by atoms with E-state index in [-0.39, 0.29) is 19.1 Å².